The fourth-order valence-corrected chi connectivity index (χ4v) is 5.47. The molecule has 0 unspecified atom stereocenters. The van der Waals surface area contributed by atoms with Crippen molar-refractivity contribution in [3.05, 3.63) is 70.1 Å². The molecule has 208 valence electrons. The van der Waals surface area contributed by atoms with Crippen LogP contribution in [0.1, 0.15) is 18.0 Å². The van der Waals surface area contributed by atoms with Gasteiger partial charge in [-0.1, -0.05) is 33.3 Å². The van der Waals surface area contributed by atoms with Crippen molar-refractivity contribution in [3.8, 4) is 11.3 Å². The molecule has 4 N–H and O–H groups in total. The Labute approximate surface area is 228 Å². The number of carbonyl (C=O) groups is 1. The lowest BCUT2D eigenvalue weighted by Crippen LogP contribution is -2.69. The summed E-state index contributed by atoms with van der Waals surface area (Å²) in [4.78, 5) is 12.9. The number of nitrogens with zero attached hydrogens (tertiary/aromatic N) is 3. The molecule has 2 fully saturated rings. The molecule has 3 heterocycles. The standard InChI is InChI=1S/C25H24BrF3N4O6/c26-14-3-1-2-12(6-14)7-20(35)30-19-4-5-38-25(19)24(37)22(23(36)18(11-34)39-25)33-10-17(31-32-33)13-8-15(27)21(29)16(28)9-13/h1-3,6,8-10,18-19,22-24,34,36-37H,4-5,7,11H2,(H,30,35)/t18-,19-,22+,23+,24-,25+/m1/s1. The fraction of sp³-hybridized carbons (Fsp3) is 0.400. The Kier molecular flexibility index (Phi) is 7.77. The van der Waals surface area contributed by atoms with Gasteiger partial charge in [0.05, 0.1) is 31.9 Å². The molecule has 3 aromatic rings. The molecule has 0 radical (unpaired) electrons. The second-order valence-electron chi connectivity index (χ2n) is 9.39. The quantitative estimate of drug-likeness (QED) is 0.308. The molecule has 2 aliphatic heterocycles. The zero-order valence-corrected chi connectivity index (χ0v) is 21.8. The first-order valence-corrected chi connectivity index (χ1v) is 12.8. The van der Waals surface area contributed by atoms with Crippen molar-refractivity contribution in [1.29, 1.82) is 0 Å². The van der Waals surface area contributed by atoms with Crippen LogP contribution in [0.5, 0.6) is 0 Å². The van der Waals surface area contributed by atoms with Crippen molar-refractivity contribution >= 4 is 21.8 Å². The summed E-state index contributed by atoms with van der Waals surface area (Å²) in [6.07, 6.45) is -2.91. The average molecular weight is 613 g/mol. The monoisotopic (exact) mass is 612 g/mol. The van der Waals surface area contributed by atoms with E-state index in [-0.39, 0.29) is 36.6 Å². The van der Waals surface area contributed by atoms with Gasteiger partial charge in [0.25, 0.3) is 0 Å². The van der Waals surface area contributed by atoms with Crippen LogP contribution in [0.15, 0.2) is 47.1 Å². The third kappa shape index (κ3) is 5.19. The number of aromatic nitrogens is 3. The van der Waals surface area contributed by atoms with Crippen LogP contribution in [0.4, 0.5) is 13.2 Å². The number of aliphatic hydroxyl groups is 3. The normalized spacial score (nSPS) is 28.6. The highest BCUT2D eigenvalue weighted by atomic mass is 79.9. The predicted octanol–water partition coefficient (Wildman–Crippen LogP) is 1.62. The van der Waals surface area contributed by atoms with Gasteiger partial charge in [0, 0.05) is 10.0 Å². The van der Waals surface area contributed by atoms with Crippen LogP contribution >= 0.6 is 15.9 Å². The number of hydrogen-bond acceptors (Lipinski definition) is 8. The first-order valence-electron chi connectivity index (χ1n) is 12.0. The van der Waals surface area contributed by atoms with E-state index in [4.69, 9.17) is 9.47 Å². The predicted molar refractivity (Wildman–Crippen MR) is 131 cm³/mol. The number of halogens is 4. The lowest BCUT2D eigenvalue weighted by Gasteiger charge is -2.49. The Morgan fingerprint density at radius 3 is 2.64 bits per heavy atom. The van der Waals surface area contributed by atoms with E-state index in [1.165, 1.54) is 6.20 Å². The van der Waals surface area contributed by atoms with E-state index in [1.54, 1.807) is 18.2 Å². The van der Waals surface area contributed by atoms with Crippen LogP contribution in [0, 0.1) is 17.5 Å². The molecule has 1 amide bonds. The molecule has 5 rings (SSSR count). The maximum absolute atomic E-state index is 13.8. The van der Waals surface area contributed by atoms with Crippen molar-refractivity contribution in [2.45, 2.75) is 49.0 Å². The maximum Gasteiger partial charge on any atom is 0.224 e. The summed E-state index contributed by atoms with van der Waals surface area (Å²) in [5.41, 5.74) is 0.543. The SMILES string of the molecule is O=C(Cc1cccc(Br)c1)N[C@@H]1CCO[C@]12O[C@H](CO)[C@H](O)[C@H](n1cc(-c3cc(F)c(F)c(F)c3)nn1)[C@H]2O. The Bertz CT molecular complexity index is 1360. The van der Waals surface area contributed by atoms with Crippen molar-refractivity contribution in [2.75, 3.05) is 13.2 Å². The molecular formula is C25H24BrF3N4O6. The molecule has 1 aromatic heterocycles. The highest BCUT2D eigenvalue weighted by molar-refractivity contribution is 9.10. The number of nitrogens with one attached hydrogen (secondary N) is 1. The summed E-state index contributed by atoms with van der Waals surface area (Å²) >= 11 is 3.36. The van der Waals surface area contributed by atoms with Crippen LogP contribution in [0.2, 0.25) is 0 Å². The smallest absolute Gasteiger partial charge is 0.224 e. The van der Waals surface area contributed by atoms with Crippen LogP contribution in [-0.2, 0) is 20.7 Å². The molecule has 0 saturated carbocycles. The van der Waals surface area contributed by atoms with Crippen molar-refractivity contribution in [2.24, 2.45) is 0 Å². The number of hydrogen-bond donors (Lipinski definition) is 4. The first kappa shape index (κ1) is 27.7. The highest BCUT2D eigenvalue weighted by Crippen LogP contribution is 2.43. The van der Waals surface area contributed by atoms with Gasteiger partial charge in [-0.3, -0.25) is 4.79 Å². The summed E-state index contributed by atoms with van der Waals surface area (Å²) in [6, 6.07) is 6.49. The van der Waals surface area contributed by atoms with Crippen LogP contribution in [0.25, 0.3) is 11.3 Å². The number of aliphatic hydroxyl groups excluding tert-OH is 3. The number of amides is 1. The molecular weight excluding hydrogens is 589 g/mol. The van der Waals surface area contributed by atoms with Gasteiger partial charge in [-0.15, -0.1) is 5.10 Å². The molecule has 2 aromatic carbocycles. The van der Waals surface area contributed by atoms with E-state index in [0.29, 0.717) is 0 Å². The van der Waals surface area contributed by atoms with Gasteiger partial charge in [0.2, 0.25) is 11.7 Å². The summed E-state index contributed by atoms with van der Waals surface area (Å²) < 4.78 is 54.5. The zero-order chi connectivity index (χ0) is 27.9. The molecule has 39 heavy (non-hydrogen) atoms. The third-order valence-electron chi connectivity index (χ3n) is 6.89. The summed E-state index contributed by atoms with van der Waals surface area (Å²) in [6.45, 7) is -0.569. The van der Waals surface area contributed by atoms with Crippen LogP contribution < -0.4 is 5.32 Å². The van der Waals surface area contributed by atoms with Gasteiger partial charge in [-0.2, -0.15) is 0 Å². The molecule has 2 aliphatic rings. The van der Waals surface area contributed by atoms with E-state index < -0.39 is 60.2 Å². The summed E-state index contributed by atoms with van der Waals surface area (Å²) in [7, 11) is 0. The van der Waals surface area contributed by atoms with Crippen molar-refractivity contribution in [3.63, 3.8) is 0 Å². The van der Waals surface area contributed by atoms with E-state index in [0.717, 1.165) is 26.9 Å². The molecule has 0 bridgehead atoms. The Morgan fingerprint density at radius 2 is 1.95 bits per heavy atom. The Morgan fingerprint density at radius 1 is 1.21 bits per heavy atom. The lowest BCUT2D eigenvalue weighted by atomic mass is 9.86. The van der Waals surface area contributed by atoms with Gasteiger partial charge in [-0.25, -0.2) is 17.9 Å². The minimum atomic E-state index is -1.86. The number of rotatable bonds is 6. The molecule has 14 heteroatoms. The zero-order valence-electron chi connectivity index (χ0n) is 20.2. The van der Waals surface area contributed by atoms with Gasteiger partial charge < -0.3 is 30.1 Å². The number of benzene rings is 2. The fourth-order valence-electron chi connectivity index (χ4n) is 5.02. The van der Waals surface area contributed by atoms with E-state index in [1.807, 2.05) is 6.07 Å². The van der Waals surface area contributed by atoms with Gasteiger partial charge in [-0.05, 0) is 36.2 Å². The Hall–Kier alpha value is -2.88. The lowest BCUT2D eigenvalue weighted by molar-refractivity contribution is -0.345. The maximum atomic E-state index is 13.8. The molecule has 10 nitrogen and oxygen atoms in total. The minimum Gasteiger partial charge on any atom is -0.394 e. The largest absolute Gasteiger partial charge is 0.394 e. The van der Waals surface area contributed by atoms with Gasteiger partial charge in [0.15, 0.2) is 17.5 Å². The minimum absolute atomic E-state index is 0.0365. The van der Waals surface area contributed by atoms with E-state index >= 15 is 0 Å². The Balaban J connectivity index is 1.42. The van der Waals surface area contributed by atoms with Crippen LogP contribution in [0.3, 0.4) is 0 Å². The first-order chi connectivity index (χ1) is 18.6. The summed E-state index contributed by atoms with van der Waals surface area (Å²) in [5.74, 6) is -6.72. The molecule has 0 aliphatic carbocycles. The molecule has 1 spiro atoms. The second-order valence-corrected chi connectivity index (χ2v) is 10.3. The summed E-state index contributed by atoms with van der Waals surface area (Å²) in [5, 5.41) is 42.9. The van der Waals surface area contributed by atoms with Crippen molar-refractivity contribution in [1.82, 2.24) is 20.3 Å². The second kappa shape index (κ2) is 10.9. The van der Waals surface area contributed by atoms with Gasteiger partial charge >= 0.3 is 0 Å². The van der Waals surface area contributed by atoms with E-state index in [9.17, 15) is 33.3 Å². The third-order valence-corrected chi connectivity index (χ3v) is 7.38. The van der Waals surface area contributed by atoms with Crippen LogP contribution in [-0.4, -0.2) is 79.6 Å². The number of ether oxygens (including phenoxy) is 2. The van der Waals surface area contributed by atoms with Crippen molar-refractivity contribution < 1.29 is 42.8 Å². The average Bonchev–Trinajstić information content (AvgIpc) is 3.53. The topological polar surface area (TPSA) is 139 Å². The van der Waals surface area contributed by atoms with Gasteiger partial charge in [0.1, 0.15) is 30.0 Å². The molecule has 2 saturated heterocycles. The molecule has 6 atom stereocenters. The highest BCUT2D eigenvalue weighted by Gasteiger charge is 2.62. The number of carbonyl (C=O) groups excluding carboxylic acids is 1. The van der Waals surface area contributed by atoms with E-state index in [2.05, 4.69) is 31.6 Å².